The summed E-state index contributed by atoms with van der Waals surface area (Å²) >= 11 is 0. The van der Waals surface area contributed by atoms with Crippen LogP contribution in [-0.4, -0.2) is 50.7 Å². The predicted molar refractivity (Wildman–Crippen MR) is 72.8 cm³/mol. The van der Waals surface area contributed by atoms with E-state index in [-0.39, 0.29) is 23.9 Å². The Morgan fingerprint density at radius 1 is 1.32 bits per heavy atom. The van der Waals surface area contributed by atoms with Gasteiger partial charge in [0.05, 0.1) is 12.2 Å². The second kappa shape index (κ2) is 5.60. The Kier molecular flexibility index (Phi) is 4.27. The van der Waals surface area contributed by atoms with Gasteiger partial charge in [0.15, 0.2) is 0 Å². The molecule has 1 heterocycles. The number of nitrogens with two attached hydrogens (primary N) is 1. The van der Waals surface area contributed by atoms with Crippen molar-refractivity contribution in [2.75, 3.05) is 19.3 Å². The van der Waals surface area contributed by atoms with Gasteiger partial charge in [-0.25, -0.2) is 13.1 Å². The number of carbonyl (C=O) groups excluding carboxylic acids is 1. The fourth-order valence-corrected chi connectivity index (χ4v) is 3.51. The Bertz CT molecular complexity index is 467. The Labute approximate surface area is 114 Å². The number of carbonyl (C=O) groups is 1. The molecule has 7 heteroatoms. The molecule has 0 bridgehead atoms. The van der Waals surface area contributed by atoms with E-state index < -0.39 is 10.0 Å². The van der Waals surface area contributed by atoms with Crippen molar-refractivity contribution in [2.24, 2.45) is 11.7 Å². The number of sulfonamides is 1. The fourth-order valence-electron chi connectivity index (χ4n) is 2.67. The van der Waals surface area contributed by atoms with Crippen molar-refractivity contribution in [2.45, 2.75) is 31.3 Å². The Hall–Kier alpha value is -0.920. The third kappa shape index (κ3) is 4.02. The van der Waals surface area contributed by atoms with Gasteiger partial charge in [0.25, 0.3) is 0 Å². The van der Waals surface area contributed by atoms with Gasteiger partial charge in [-0.2, -0.15) is 0 Å². The summed E-state index contributed by atoms with van der Waals surface area (Å²) in [4.78, 5) is 14.0. The molecule has 0 saturated carbocycles. The summed E-state index contributed by atoms with van der Waals surface area (Å²) in [7, 11) is -3.17. The quantitative estimate of drug-likeness (QED) is 0.680. The zero-order valence-corrected chi connectivity index (χ0v) is 11.9. The summed E-state index contributed by atoms with van der Waals surface area (Å²) in [5.41, 5.74) is 5.75. The average molecular weight is 287 g/mol. The van der Waals surface area contributed by atoms with Crippen LogP contribution in [0.3, 0.4) is 0 Å². The van der Waals surface area contributed by atoms with Crippen LogP contribution in [0.15, 0.2) is 12.2 Å². The van der Waals surface area contributed by atoms with Gasteiger partial charge < -0.3 is 10.6 Å². The molecule has 1 aliphatic carbocycles. The monoisotopic (exact) mass is 287 g/mol. The standard InChI is InChI=1S/C12H21N3O3S/c1-19(17,18)14-11-4-6-15(7-5-11)12(16)9-2-3-10(13)8-9/h2-3,9-11,14H,4-8,13H2,1H3. The number of nitrogens with one attached hydrogen (secondary N) is 1. The highest BCUT2D eigenvalue weighted by atomic mass is 32.2. The van der Waals surface area contributed by atoms with E-state index in [1.807, 2.05) is 17.1 Å². The zero-order chi connectivity index (χ0) is 14.0. The van der Waals surface area contributed by atoms with E-state index in [4.69, 9.17) is 5.73 Å². The summed E-state index contributed by atoms with van der Waals surface area (Å²) in [5.74, 6) is 0.0106. The molecule has 0 spiro atoms. The molecule has 2 atom stereocenters. The summed E-state index contributed by atoms with van der Waals surface area (Å²) < 4.78 is 24.9. The highest BCUT2D eigenvalue weighted by molar-refractivity contribution is 7.88. The third-order valence-electron chi connectivity index (χ3n) is 3.62. The molecule has 0 aromatic heterocycles. The number of rotatable bonds is 3. The van der Waals surface area contributed by atoms with Crippen LogP contribution in [0, 0.1) is 5.92 Å². The SMILES string of the molecule is CS(=O)(=O)NC1CCN(C(=O)C2C=CC(N)C2)CC1. The van der Waals surface area contributed by atoms with Crippen LogP contribution in [0.2, 0.25) is 0 Å². The summed E-state index contributed by atoms with van der Waals surface area (Å²) in [5, 5.41) is 0. The predicted octanol–water partition coefficient (Wildman–Crippen LogP) is -0.570. The van der Waals surface area contributed by atoms with Crippen molar-refractivity contribution in [1.82, 2.24) is 9.62 Å². The van der Waals surface area contributed by atoms with Crippen LogP contribution in [0.25, 0.3) is 0 Å². The first-order chi connectivity index (χ1) is 8.85. The van der Waals surface area contributed by atoms with Gasteiger partial charge in [-0.3, -0.25) is 4.79 Å². The van der Waals surface area contributed by atoms with Crippen molar-refractivity contribution in [3.63, 3.8) is 0 Å². The van der Waals surface area contributed by atoms with Crippen LogP contribution in [0.1, 0.15) is 19.3 Å². The first kappa shape index (κ1) is 14.5. The lowest BCUT2D eigenvalue weighted by molar-refractivity contribution is -0.135. The van der Waals surface area contributed by atoms with Crippen LogP contribution in [-0.2, 0) is 14.8 Å². The lowest BCUT2D eigenvalue weighted by Gasteiger charge is -2.33. The second-order valence-corrected chi connectivity index (χ2v) is 7.16. The van der Waals surface area contributed by atoms with Gasteiger partial charge >= 0.3 is 0 Å². The number of hydrogen-bond acceptors (Lipinski definition) is 4. The number of hydrogen-bond donors (Lipinski definition) is 2. The number of piperidine rings is 1. The van der Waals surface area contributed by atoms with Crippen LogP contribution in [0.4, 0.5) is 0 Å². The first-order valence-electron chi connectivity index (χ1n) is 6.55. The molecule has 1 saturated heterocycles. The van der Waals surface area contributed by atoms with E-state index in [2.05, 4.69) is 4.72 Å². The topological polar surface area (TPSA) is 92.5 Å². The highest BCUT2D eigenvalue weighted by Gasteiger charge is 2.30. The van der Waals surface area contributed by atoms with Gasteiger partial charge in [-0.1, -0.05) is 12.2 Å². The normalized spacial score (nSPS) is 28.8. The summed E-state index contributed by atoms with van der Waals surface area (Å²) in [6, 6.07) is -0.0705. The van der Waals surface area contributed by atoms with Crippen LogP contribution >= 0.6 is 0 Å². The molecular weight excluding hydrogens is 266 g/mol. The molecule has 2 unspecified atom stereocenters. The van der Waals surface area contributed by atoms with Crippen LogP contribution < -0.4 is 10.5 Å². The Morgan fingerprint density at radius 2 is 1.95 bits per heavy atom. The first-order valence-corrected chi connectivity index (χ1v) is 8.44. The van der Waals surface area contributed by atoms with E-state index in [9.17, 15) is 13.2 Å². The molecule has 0 radical (unpaired) electrons. The summed E-state index contributed by atoms with van der Waals surface area (Å²) in [6.07, 6.45) is 6.94. The lowest BCUT2D eigenvalue weighted by atomic mass is 10.0. The van der Waals surface area contributed by atoms with Crippen molar-refractivity contribution >= 4 is 15.9 Å². The van der Waals surface area contributed by atoms with Crippen LogP contribution in [0.5, 0.6) is 0 Å². The molecule has 0 aromatic carbocycles. The number of amides is 1. The molecule has 6 nitrogen and oxygen atoms in total. The molecule has 108 valence electrons. The maximum absolute atomic E-state index is 12.2. The van der Waals surface area contributed by atoms with E-state index in [1.165, 1.54) is 0 Å². The van der Waals surface area contributed by atoms with Crippen molar-refractivity contribution in [1.29, 1.82) is 0 Å². The molecule has 3 N–H and O–H groups in total. The third-order valence-corrected chi connectivity index (χ3v) is 4.38. The Morgan fingerprint density at radius 3 is 2.42 bits per heavy atom. The molecule has 1 fully saturated rings. The maximum atomic E-state index is 12.2. The van der Waals surface area contributed by atoms with Crippen molar-refractivity contribution in [3.05, 3.63) is 12.2 Å². The molecular formula is C12H21N3O3S. The minimum atomic E-state index is -3.17. The smallest absolute Gasteiger partial charge is 0.229 e. The second-order valence-electron chi connectivity index (χ2n) is 5.38. The molecule has 2 aliphatic rings. The van der Waals surface area contributed by atoms with Gasteiger partial charge in [-0.05, 0) is 19.3 Å². The maximum Gasteiger partial charge on any atom is 0.229 e. The van der Waals surface area contributed by atoms with E-state index in [0.29, 0.717) is 32.4 Å². The van der Waals surface area contributed by atoms with Gasteiger partial charge in [-0.15, -0.1) is 0 Å². The Balaban J connectivity index is 1.83. The van der Waals surface area contributed by atoms with E-state index in [1.54, 1.807) is 0 Å². The van der Waals surface area contributed by atoms with Crippen molar-refractivity contribution in [3.8, 4) is 0 Å². The molecule has 1 aliphatic heterocycles. The molecule has 2 rings (SSSR count). The summed E-state index contributed by atoms with van der Waals surface area (Å²) in [6.45, 7) is 1.21. The minimum Gasteiger partial charge on any atom is -0.342 e. The number of likely N-dealkylation sites (tertiary alicyclic amines) is 1. The van der Waals surface area contributed by atoms with E-state index in [0.717, 1.165) is 6.26 Å². The number of nitrogens with zero attached hydrogens (tertiary/aromatic N) is 1. The van der Waals surface area contributed by atoms with Gasteiger partial charge in [0, 0.05) is 25.2 Å². The van der Waals surface area contributed by atoms with Gasteiger partial charge in [0.1, 0.15) is 0 Å². The van der Waals surface area contributed by atoms with E-state index >= 15 is 0 Å². The molecule has 19 heavy (non-hydrogen) atoms. The largest absolute Gasteiger partial charge is 0.342 e. The molecule has 0 aromatic rings. The minimum absolute atomic E-state index is 0.0154. The fraction of sp³-hybridized carbons (Fsp3) is 0.750. The van der Waals surface area contributed by atoms with Crippen molar-refractivity contribution < 1.29 is 13.2 Å². The highest BCUT2D eigenvalue weighted by Crippen LogP contribution is 2.21. The van der Waals surface area contributed by atoms with Gasteiger partial charge in [0.2, 0.25) is 15.9 Å². The zero-order valence-electron chi connectivity index (χ0n) is 11.1. The lowest BCUT2D eigenvalue weighted by Crippen LogP contribution is -2.47. The average Bonchev–Trinajstić information content (AvgIpc) is 2.74. The molecule has 1 amide bonds.